The number of hydrazone groups is 1. The van der Waals surface area contributed by atoms with Crippen LogP contribution >= 0.6 is 0 Å². The Labute approximate surface area is 168 Å². The normalized spacial score (nSPS) is 10.8. The highest BCUT2D eigenvalue weighted by Gasteiger charge is 2.19. The molecule has 0 heterocycles. The first kappa shape index (κ1) is 23.7. The van der Waals surface area contributed by atoms with Gasteiger partial charge in [-0.15, -0.1) is 0 Å². The van der Waals surface area contributed by atoms with Crippen LogP contribution in [0.5, 0.6) is 11.5 Å². The van der Waals surface area contributed by atoms with Gasteiger partial charge in [0.15, 0.2) is 17.3 Å². The number of carbonyl (C=O) groups is 1. The molecule has 0 saturated carbocycles. The van der Waals surface area contributed by atoms with Crippen LogP contribution in [0.1, 0.15) is 17.3 Å². The number of nitrogens with one attached hydrogen (secondary N) is 2. The lowest BCUT2D eigenvalue weighted by atomic mass is 10.1. The Morgan fingerprint density at radius 3 is 2.24 bits per heavy atom. The van der Waals surface area contributed by atoms with Crippen LogP contribution in [0, 0.1) is 16.7 Å². The fraction of sp³-hybridized carbons (Fsp3) is 0.444. The second-order valence-electron chi connectivity index (χ2n) is 5.35. The lowest BCUT2D eigenvalue weighted by Gasteiger charge is -2.16. The van der Waals surface area contributed by atoms with Crippen molar-refractivity contribution in [1.82, 2.24) is 0 Å². The number of nitrogens with zero attached hydrogens (tertiary/aromatic N) is 2. The number of rotatable bonds is 13. The second-order valence-corrected chi connectivity index (χ2v) is 5.35. The number of nitrogens with two attached hydrogens (primary N) is 1. The van der Waals surface area contributed by atoms with Crippen LogP contribution in [0.25, 0.3) is 0 Å². The number of nitriles is 1. The standard InChI is InChI=1S/C18H25N5O6/c1-4-27-18(24)12-9-15(28-7-5-25-2)16(29-8-6-26-3)10-13(12)22-23-14(11-19)17(20)21/h9-10,22H,4-8H2,1-3H3,(H3,20,21)/b23-14+. The highest BCUT2D eigenvalue weighted by Crippen LogP contribution is 2.34. The van der Waals surface area contributed by atoms with Crippen molar-refractivity contribution in [3.05, 3.63) is 17.7 Å². The summed E-state index contributed by atoms with van der Waals surface area (Å²) < 4.78 is 26.3. The molecule has 1 aromatic rings. The summed E-state index contributed by atoms with van der Waals surface area (Å²) in [6.45, 7) is 2.96. The third-order valence-electron chi connectivity index (χ3n) is 3.32. The summed E-state index contributed by atoms with van der Waals surface area (Å²) in [5, 5.41) is 20.1. The molecule has 0 bridgehead atoms. The molecular formula is C18H25N5O6. The summed E-state index contributed by atoms with van der Waals surface area (Å²) in [5.74, 6) is -0.548. The van der Waals surface area contributed by atoms with E-state index in [4.69, 9.17) is 40.1 Å². The molecule has 4 N–H and O–H groups in total. The monoisotopic (exact) mass is 407 g/mol. The van der Waals surface area contributed by atoms with Gasteiger partial charge in [0.2, 0.25) is 5.71 Å². The van der Waals surface area contributed by atoms with E-state index >= 15 is 0 Å². The molecule has 0 atom stereocenters. The Balaban J connectivity index is 3.35. The average Bonchev–Trinajstić information content (AvgIpc) is 2.69. The Morgan fingerprint density at radius 2 is 1.76 bits per heavy atom. The Kier molecular flexibility index (Phi) is 10.6. The smallest absolute Gasteiger partial charge is 0.340 e. The third kappa shape index (κ3) is 7.65. The quantitative estimate of drug-likeness (QED) is 0.143. The highest BCUT2D eigenvalue weighted by molar-refractivity contribution is 6.45. The molecular weight excluding hydrogens is 382 g/mol. The minimum atomic E-state index is -0.633. The molecule has 0 unspecified atom stereocenters. The van der Waals surface area contributed by atoms with Crippen molar-refractivity contribution in [3.8, 4) is 17.6 Å². The number of benzene rings is 1. The maximum atomic E-state index is 12.4. The molecule has 1 rings (SSSR count). The molecule has 0 aliphatic heterocycles. The van der Waals surface area contributed by atoms with Gasteiger partial charge in [-0.3, -0.25) is 10.8 Å². The molecule has 0 aliphatic carbocycles. The lowest BCUT2D eigenvalue weighted by molar-refractivity contribution is 0.0526. The zero-order valence-corrected chi connectivity index (χ0v) is 16.6. The number of ether oxygens (including phenoxy) is 5. The van der Waals surface area contributed by atoms with Crippen molar-refractivity contribution in [2.45, 2.75) is 6.92 Å². The molecule has 0 aliphatic rings. The Hall–Kier alpha value is -3.36. The molecule has 0 radical (unpaired) electrons. The zero-order chi connectivity index (χ0) is 21.6. The van der Waals surface area contributed by atoms with E-state index in [0.29, 0.717) is 24.7 Å². The van der Waals surface area contributed by atoms with Gasteiger partial charge in [-0.1, -0.05) is 0 Å². The molecule has 158 valence electrons. The first-order valence-electron chi connectivity index (χ1n) is 8.65. The predicted molar refractivity (Wildman–Crippen MR) is 106 cm³/mol. The van der Waals surface area contributed by atoms with Crippen LogP contribution in [0.2, 0.25) is 0 Å². The molecule has 11 nitrogen and oxygen atoms in total. The van der Waals surface area contributed by atoms with E-state index < -0.39 is 11.8 Å². The molecule has 0 amide bonds. The van der Waals surface area contributed by atoms with Gasteiger partial charge in [-0.25, -0.2) is 4.79 Å². The van der Waals surface area contributed by atoms with E-state index in [0.717, 1.165) is 0 Å². The van der Waals surface area contributed by atoms with Gasteiger partial charge in [0.25, 0.3) is 0 Å². The Bertz CT molecular complexity index is 775. The lowest BCUT2D eigenvalue weighted by Crippen LogP contribution is -2.22. The highest BCUT2D eigenvalue weighted by atomic mass is 16.6. The number of esters is 1. The maximum absolute atomic E-state index is 12.4. The van der Waals surface area contributed by atoms with E-state index in [1.54, 1.807) is 13.0 Å². The van der Waals surface area contributed by atoms with Crippen molar-refractivity contribution in [2.24, 2.45) is 10.8 Å². The van der Waals surface area contributed by atoms with Crippen LogP contribution < -0.4 is 20.6 Å². The summed E-state index contributed by atoms with van der Waals surface area (Å²) >= 11 is 0. The molecule has 29 heavy (non-hydrogen) atoms. The minimum absolute atomic E-state index is 0.1000. The van der Waals surface area contributed by atoms with Crippen LogP contribution in [0.4, 0.5) is 5.69 Å². The van der Waals surface area contributed by atoms with Crippen LogP contribution in [-0.2, 0) is 14.2 Å². The van der Waals surface area contributed by atoms with Gasteiger partial charge in [0, 0.05) is 26.4 Å². The van der Waals surface area contributed by atoms with Gasteiger partial charge < -0.3 is 29.4 Å². The number of methoxy groups -OCH3 is 2. The molecule has 0 saturated heterocycles. The van der Waals surface area contributed by atoms with Gasteiger partial charge in [-0.05, 0) is 6.92 Å². The summed E-state index contributed by atoms with van der Waals surface area (Å²) in [6, 6.07) is 4.60. The molecule has 0 aromatic heterocycles. The van der Waals surface area contributed by atoms with E-state index in [-0.39, 0.29) is 36.8 Å². The first-order chi connectivity index (χ1) is 14.0. The van der Waals surface area contributed by atoms with Crippen LogP contribution in [0.15, 0.2) is 17.2 Å². The SMILES string of the molecule is CCOC(=O)c1cc(OCCOC)c(OCCOC)cc1N/N=C(\C#N)C(=N)N. The molecule has 0 spiro atoms. The van der Waals surface area contributed by atoms with E-state index in [1.807, 2.05) is 0 Å². The van der Waals surface area contributed by atoms with Crippen molar-refractivity contribution in [2.75, 3.05) is 52.7 Å². The van der Waals surface area contributed by atoms with Crippen molar-refractivity contribution < 1.29 is 28.5 Å². The van der Waals surface area contributed by atoms with Crippen molar-refractivity contribution >= 4 is 23.2 Å². The Morgan fingerprint density at radius 1 is 1.17 bits per heavy atom. The summed E-state index contributed by atoms with van der Waals surface area (Å²) in [6.07, 6.45) is 0. The topological polar surface area (TPSA) is 161 Å². The zero-order valence-electron chi connectivity index (χ0n) is 16.6. The molecule has 0 fully saturated rings. The first-order valence-corrected chi connectivity index (χ1v) is 8.65. The van der Waals surface area contributed by atoms with E-state index in [2.05, 4.69) is 10.5 Å². The maximum Gasteiger partial charge on any atom is 0.340 e. The second kappa shape index (κ2) is 12.9. The largest absolute Gasteiger partial charge is 0.487 e. The number of hydrogen-bond donors (Lipinski definition) is 3. The summed E-state index contributed by atoms with van der Waals surface area (Å²) in [7, 11) is 3.08. The number of anilines is 1. The summed E-state index contributed by atoms with van der Waals surface area (Å²) in [4.78, 5) is 12.4. The number of amidine groups is 1. The predicted octanol–water partition coefficient (Wildman–Crippen LogP) is 1.14. The van der Waals surface area contributed by atoms with E-state index in [9.17, 15) is 4.79 Å². The fourth-order valence-corrected chi connectivity index (χ4v) is 1.99. The molecule has 1 aromatic carbocycles. The molecule has 11 heteroatoms. The third-order valence-corrected chi connectivity index (χ3v) is 3.32. The van der Waals surface area contributed by atoms with Gasteiger partial charge in [0.1, 0.15) is 19.3 Å². The minimum Gasteiger partial charge on any atom is -0.487 e. The summed E-state index contributed by atoms with van der Waals surface area (Å²) in [5.41, 5.74) is 7.79. The fourth-order valence-electron chi connectivity index (χ4n) is 1.99. The van der Waals surface area contributed by atoms with Gasteiger partial charge >= 0.3 is 5.97 Å². The van der Waals surface area contributed by atoms with E-state index in [1.165, 1.54) is 26.4 Å². The van der Waals surface area contributed by atoms with Gasteiger partial charge in [-0.2, -0.15) is 10.4 Å². The number of hydrogen-bond acceptors (Lipinski definition) is 10. The average molecular weight is 407 g/mol. The number of carbonyl (C=O) groups excluding carboxylic acids is 1. The van der Waals surface area contributed by atoms with Crippen molar-refractivity contribution in [1.29, 1.82) is 10.7 Å². The van der Waals surface area contributed by atoms with Crippen LogP contribution in [0.3, 0.4) is 0 Å². The van der Waals surface area contributed by atoms with Crippen LogP contribution in [-0.4, -0.2) is 64.8 Å². The van der Waals surface area contributed by atoms with Crippen molar-refractivity contribution in [3.63, 3.8) is 0 Å². The van der Waals surface area contributed by atoms with Gasteiger partial charge in [0.05, 0.1) is 31.1 Å².